The van der Waals surface area contributed by atoms with Crippen molar-refractivity contribution in [3.8, 4) is 0 Å². The number of ether oxygens (including phenoxy) is 5. The molecule has 3 aliphatic rings. The zero-order valence-corrected chi connectivity index (χ0v) is 16.1. The maximum absolute atomic E-state index is 12.0. The van der Waals surface area contributed by atoms with Gasteiger partial charge >= 0.3 is 0 Å². The summed E-state index contributed by atoms with van der Waals surface area (Å²) in [6, 6.07) is 0. The molecular formula is C20H32F2O5. The minimum atomic E-state index is -1.56. The van der Waals surface area contributed by atoms with E-state index in [1.807, 2.05) is 0 Å². The molecule has 5 nitrogen and oxygen atoms in total. The fourth-order valence-corrected chi connectivity index (χ4v) is 4.24. The Morgan fingerprint density at radius 2 is 1.48 bits per heavy atom. The summed E-state index contributed by atoms with van der Waals surface area (Å²) < 4.78 is 52.7. The quantitative estimate of drug-likeness (QED) is 0.612. The Balaban J connectivity index is 1.31. The van der Waals surface area contributed by atoms with E-state index < -0.39 is 6.08 Å². The van der Waals surface area contributed by atoms with E-state index in [0.717, 1.165) is 44.6 Å². The van der Waals surface area contributed by atoms with E-state index in [0.29, 0.717) is 44.7 Å². The summed E-state index contributed by atoms with van der Waals surface area (Å²) in [4.78, 5) is 0. The average Bonchev–Trinajstić information content (AvgIpc) is 2.72. The molecule has 0 radical (unpaired) electrons. The van der Waals surface area contributed by atoms with Gasteiger partial charge in [-0.1, -0.05) is 6.42 Å². The summed E-state index contributed by atoms with van der Waals surface area (Å²) in [5.74, 6) is 1.17. The number of hydrogen-bond acceptors (Lipinski definition) is 5. The van der Waals surface area contributed by atoms with Crippen LogP contribution in [0.5, 0.6) is 0 Å². The van der Waals surface area contributed by atoms with Crippen LogP contribution in [0.2, 0.25) is 0 Å². The monoisotopic (exact) mass is 390 g/mol. The summed E-state index contributed by atoms with van der Waals surface area (Å²) in [6.07, 6.45) is 5.83. The molecule has 3 fully saturated rings. The van der Waals surface area contributed by atoms with Crippen molar-refractivity contribution in [2.45, 2.75) is 63.6 Å². The van der Waals surface area contributed by atoms with Crippen molar-refractivity contribution in [1.29, 1.82) is 0 Å². The Labute approximate surface area is 160 Å². The number of halogens is 2. The number of rotatable bonds is 7. The summed E-state index contributed by atoms with van der Waals surface area (Å²) in [6.45, 7) is 2.26. The first-order valence-corrected chi connectivity index (χ1v) is 10.2. The maximum atomic E-state index is 12.0. The summed E-state index contributed by atoms with van der Waals surface area (Å²) >= 11 is 0. The maximum Gasteiger partial charge on any atom is 0.266 e. The Bertz CT molecular complexity index is 447. The lowest BCUT2D eigenvalue weighted by Gasteiger charge is -2.40. The van der Waals surface area contributed by atoms with Crippen molar-refractivity contribution >= 4 is 0 Å². The van der Waals surface area contributed by atoms with Crippen LogP contribution in [0.4, 0.5) is 8.78 Å². The fraction of sp³-hybridized carbons (Fsp3) is 0.900. The Kier molecular flexibility index (Phi) is 8.46. The summed E-state index contributed by atoms with van der Waals surface area (Å²) in [7, 11) is 1.66. The van der Waals surface area contributed by atoms with E-state index in [4.69, 9.17) is 23.7 Å². The number of methoxy groups -OCH3 is 1. The molecule has 0 aromatic rings. The third-order valence-electron chi connectivity index (χ3n) is 5.95. The molecule has 1 saturated carbocycles. The predicted octanol–water partition coefficient (Wildman–Crippen LogP) is 4.12. The predicted molar refractivity (Wildman–Crippen MR) is 95.3 cm³/mol. The lowest BCUT2D eigenvalue weighted by molar-refractivity contribution is -0.297. The highest BCUT2D eigenvalue weighted by atomic mass is 19.3. The third-order valence-corrected chi connectivity index (χ3v) is 5.95. The van der Waals surface area contributed by atoms with Crippen LogP contribution in [0.15, 0.2) is 12.2 Å². The number of allylic oxidation sites excluding steroid dienone is 1. The van der Waals surface area contributed by atoms with Gasteiger partial charge in [-0.2, -0.15) is 8.78 Å². The van der Waals surface area contributed by atoms with Gasteiger partial charge in [0.05, 0.1) is 32.3 Å². The van der Waals surface area contributed by atoms with E-state index in [9.17, 15) is 8.78 Å². The topological polar surface area (TPSA) is 46.2 Å². The van der Waals surface area contributed by atoms with Crippen molar-refractivity contribution in [3.63, 3.8) is 0 Å². The normalized spacial score (nSPS) is 37.7. The second kappa shape index (κ2) is 10.8. The molecule has 2 heterocycles. The molecule has 0 bridgehead atoms. The van der Waals surface area contributed by atoms with E-state index in [1.54, 1.807) is 7.11 Å². The van der Waals surface area contributed by atoms with E-state index in [1.165, 1.54) is 0 Å². The van der Waals surface area contributed by atoms with Crippen LogP contribution < -0.4 is 0 Å². The van der Waals surface area contributed by atoms with Gasteiger partial charge in [-0.15, -0.1) is 0 Å². The van der Waals surface area contributed by atoms with Crippen molar-refractivity contribution in [1.82, 2.24) is 0 Å². The van der Waals surface area contributed by atoms with Gasteiger partial charge in [0.2, 0.25) is 0 Å². The zero-order valence-electron chi connectivity index (χ0n) is 16.1. The second-order valence-electron chi connectivity index (χ2n) is 7.89. The third kappa shape index (κ3) is 6.46. The average molecular weight is 390 g/mol. The Morgan fingerprint density at radius 3 is 2.07 bits per heavy atom. The molecule has 2 aliphatic heterocycles. The van der Waals surface area contributed by atoms with Crippen LogP contribution in [0.1, 0.15) is 44.9 Å². The highest BCUT2D eigenvalue weighted by Crippen LogP contribution is 2.36. The molecule has 0 atom stereocenters. The summed E-state index contributed by atoms with van der Waals surface area (Å²) in [5.41, 5.74) is 0. The Morgan fingerprint density at radius 1 is 0.889 bits per heavy atom. The van der Waals surface area contributed by atoms with Gasteiger partial charge in [0.25, 0.3) is 6.08 Å². The van der Waals surface area contributed by atoms with Crippen LogP contribution >= 0.6 is 0 Å². The number of unbranched alkanes of at least 4 members (excludes halogenated alkanes) is 1. The van der Waals surface area contributed by atoms with Crippen molar-refractivity contribution in [2.24, 2.45) is 17.8 Å². The highest BCUT2D eigenvalue weighted by molar-refractivity contribution is 4.82. The van der Waals surface area contributed by atoms with Crippen LogP contribution in [0.3, 0.4) is 0 Å². The van der Waals surface area contributed by atoms with Gasteiger partial charge in [-0.3, -0.25) is 0 Å². The second-order valence-corrected chi connectivity index (χ2v) is 7.89. The van der Waals surface area contributed by atoms with Gasteiger partial charge in [0.1, 0.15) is 6.10 Å². The van der Waals surface area contributed by atoms with Crippen molar-refractivity contribution < 1.29 is 32.5 Å². The highest BCUT2D eigenvalue weighted by Gasteiger charge is 2.37. The van der Waals surface area contributed by atoms with Gasteiger partial charge in [-0.05, 0) is 50.5 Å². The molecule has 0 N–H and O–H groups in total. The standard InChI is InChI=1S/C20H32F2O5/c1-23-17-12-26-20(27-13-17)16-10-24-19(25-11-16)15-8-6-14(7-9-15)4-2-3-5-18(21)22/h5,14-17,19-20H,2-4,6-13H2,1H3. The molecule has 156 valence electrons. The van der Waals surface area contributed by atoms with Gasteiger partial charge in [0, 0.05) is 13.0 Å². The largest absolute Gasteiger partial charge is 0.377 e. The van der Waals surface area contributed by atoms with Crippen molar-refractivity contribution in [2.75, 3.05) is 33.5 Å². The van der Waals surface area contributed by atoms with E-state index in [-0.39, 0.29) is 24.6 Å². The molecule has 7 heteroatoms. The minimum Gasteiger partial charge on any atom is -0.377 e. The zero-order chi connectivity index (χ0) is 19.1. The molecule has 27 heavy (non-hydrogen) atoms. The molecule has 0 spiro atoms. The SMILES string of the molecule is COC1COC(C2COC(C3CCC(CCCC=C(F)F)CC3)OC2)OC1. The molecule has 0 amide bonds. The molecule has 0 aromatic carbocycles. The molecule has 0 aromatic heterocycles. The van der Waals surface area contributed by atoms with E-state index in [2.05, 4.69) is 0 Å². The van der Waals surface area contributed by atoms with Gasteiger partial charge in [-0.25, -0.2) is 0 Å². The summed E-state index contributed by atoms with van der Waals surface area (Å²) in [5, 5.41) is 0. The molecule has 2 saturated heterocycles. The molecule has 3 rings (SSSR count). The lowest BCUT2D eigenvalue weighted by Crippen LogP contribution is -2.47. The Hall–Kier alpha value is -0.600. The van der Waals surface area contributed by atoms with Gasteiger partial charge < -0.3 is 23.7 Å². The lowest BCUT2D eigenvalue weighted by atomic mass is 9.79. The molecular weight excluding hydrogens is 358 g/mol. The van der Waals surface area contributed by atoms with Crippen molar-refractivity contribution in [3.05, 3.63) is 12.2 Å². The van der Waals surface area contributed by atoms with Crippen LogP contribution in [-0.4, -0.2) is 52.2 Å². The van der Waals surface area contributed by atoms with Gasteiger partial charge in [0.15, 0.2) is 12.6 Å². The molecule has 0 unspecified atom stereocenters. The smallest absolute Gasteiger partial charge is 0.266 e. The molecule has 1 aliphatic carbocycles. The fourth-order valence-electron chi connectivity index (χ4n) is 4.24. The van der Waals surface area contributed by atoms with E-state index >= 15 is 0 Å². The number of hydrogen-bond donors (Lipinski definition) is 0. The minimum absolute atomic E-state index is 0.00151. The first-order valence-electron chi connectivity index (χ1n) is 10.2. The van der Waals surface area contributed by atoms with Crippen LogP contribution in [-0.2, 0) is 23.7 Å². The first-order chi connectivity index (χ1) is 13.2. The first kappa shape index (κ1) is 21.1. The van der Waals surface area contributed by atoms with Crippen LogP contribution in [0.25, 0.3) is 0 Å². The van der Waals surface area contributed by atoms with Crippen LogP contribution in [0, 0.1) is 17.8 Å².